The molecule has 0 aliphatic rings. The Morgan fingerprint density at radius 2 is 2.05 bits per heavy atom. The lowest BCUT2D eigenvalue weighted by Gasteiger charge is -2.07. The van der Waals surface area contributed by atoms with Crippen LogP contribution in [0.1, 0.15) is 21.5 Å². The lowest BCUT2D eigenvalue weighted by molar-refractivity contribution is 0.102. The summed E-state index contributed by atoms with van der Waals surface area (Å²) in [4.78, 5) is 12.1. The number of amides is 1. The number of aliphatic hydroxyl groups is 1. The van der Waals surface area contributed by atoms with E-state index < -0.39 is 0 Å². The van der Waals surface area contributed by atoms with Crippen LogP contribution in [0.25, 0.3) is 0 Å². The van der Waals surface area contributed by atoms with Gasteiger partial charge in [0.1, 0.15) is 0 Å². The van der Waals surface area contributed by atoms with Crippen LogP contribution in [0.4, 0.5) is 5.69 Å². The van der Waals surface area contributed by atoms with Crippen molar-refractivity contribution in [1.82, 2.24) is 0 Å². The first-order valence-electron chi connectivity index (χ1n) is 5.87. The quantitative estimate of drug-likeness (QED) is 0.909. The molecule has 2 aromatic carbocycles. The lowest BCUT2D eigenvalue weighted by Crippen LogP contribution is -2.12. The highest BCUT2D eigenvalue weighted by Crippen LogP contribution is 2.18. The van der Waals surface area contributed by atoms with Crippen molar-refractivity contribution in [2.24, 2.45) is 0 Å². The van der Waals surface area contributed by atoms with E-state index in [9.17, 15) is 4.79 Å². The molecule has 0 unspecified atom stereocenters. The average Bonchev–Trinajstić information content (AvgIpc) is 2.42. The second-order valence-corrected chi connectivity index (χ2v) is 5.13. The fourth-order valence-corrected chi connectivity index (χ4v) is 1.98. The molecule has 98 valence electrons. The minimum atomic E-state index is -0.161. The van der Waals surface area contributed by atoms with Gasteiger partial charge in [-0.15, -0.1) is 0 Å². The predicted octanol–water partition coefficient (Wildman–Crippen LogP) is 3.50. The van der Waals surface area contributed by atoms with E-state index in [4.69, 9.17) is 5.11 Å². The Balaban J connectivity index is 2.18. The average molecular weight is 320 g/mol. The molecule has 0 atom stereocenters. The van der Waals surface area contributed by atoms with Gasteiger partial charge in [-0.25, -0.2) is 0 Å². The summed E-state index contributed by atoms with van der Waals surface area (Å²) in [5, 5.41) is 11.9. The van der Waals surface area contributed by atoms with E-state index in [-0.39, 0.29) is 12.5 Å². The first-order chi connectivity index (χ1) is 9.10. The largest absolute Gasteiger partial charge is 0.392 e. The van der Waals surface area contributed by atoms with E-state index in [2.05, 4.69) is 21.2 Å². The van der Waals surface area contributed by atoms with Gasteiger partial charge in [0.15, 0.2) is 0 Å². The van der Waals surface area contributed by atoms with Crippen molar-refractivity contribution < 1.29 is 9.90 Å². The fraction of sp³-hybridized carbons (Fsp3) is 0.133. The number of aryl methyl sites for hydroxylation is 1. The van der Waals surface area contributed by atoms with Crippen LogP contribution >= 0.6 is 15.9 Å². The topological polar surface area (TPSA) is 49.3 Å². The number of hydrogen-bond acceptors (Lipinski definition) is 2. The number of rotatable bonds is 3. The van der Waals surface area contributed by atoms with Gasteiger partial charge in [0.25, 0.3) is 5.91 Å². The number of hydrogen-bond donors (Lipinski definition) is 2. The molecule has 2 aromatic rings. The Kier molecular flexibility index (Phi) is 4.35. The first kappa shape index (κ1) is 13.8. The van der Waals surface area contributed by atoms with Gasteiger partial charge in [0.05, 0.1) is 6.61 Å². The third-order valence-corrected chi connectivity index (χ3v) is 3.68. The van der Waals surface area contributed by atoms with Crippen molar-refractivity contribution in [1.29, 1.82) is 0 Å². The minimum absolute atomic E-state index is 0.0406. The Hall–Kier alpha value is -1.65. The van der Waals surface area contributed by atoms with Gasteiger partial charge < -0.3 is 10.4 Å². The maximum atomic E-state index is 12.1. The molecular weight excluding hydrogens is 306 g/mol. The molecule has 0 saturated heterocycles. The van der Waals surface area contributed by atoms with Crippen molar-refractivity contribution in [3.63, 3.8) is 0 Å². The Labute approximate surface area is 120 Å². The number of nitrogens with one attached hydrogen (secondary N) is 1. The Morgan fingerprint density at radius 3 is 2.74 bits per heavy atom. The summed E-state index contributed by atoms with van der Waals surface area (Å²) in [6.07, 6.45) is 0. The zero-order valence-electron chi connectivity index (χ0n) is 10.5. The number of benzene rings is 2. The molecular formula is C15H14BrNO2. The van der Waals surface area contributed by atoms with Crippen molar-refractivity contribution in [3.05, 3.63) is 63.6 Å². The molecule has 0 fully saturated rings. The third kappa shape index (κ3) is 3.43. The molecule has 1 amide bonds. The highest BCUT2D eigenvalue weighted by molar-refractivity contribution is 9.10. The molecule has 2 N–H and O–H groups in total. The highest BCUT2D eigenvalue weighted by atomic mass is 79.9. The van der Waals surface area contributed by atoms with Gasteiger partial charge in [0, 0.05) is 15.7 Å². The van der Waals surface area contributed by atoms with Gasteiger partial charge >= 0.3 is 0 Å². The molecule has 2 rings (SSSR count). The molecule has 0 aliphatic carbocycles. The van der Waals surface area contributed by atoms with Crippen LogP contribution in [0.15, 0.2) is 46.9 Å². The molecule has 3 nitrogen and oxygen atoms in total. The van der Waals surface area contributed by atoms with E-state index in [1.54, 1.807) is 30.3 Å². The van der Waals surface area contributed by atoms with Crippen LogP contribution in [0.2, 0.25) is 0 Å². The van der Waals surface area contributed by atoms with Crippen molar-refractivity contribution in [3.8, 4) is 0 Å². The number of aliphatic hydroxyl groups excluding tert-OH is 1. The first-order valence-corrected chi connectivity index (χ1v) is 6.67. The molecule has 0 saturated carbocycles. The standard InChI is InChI=1S/C15H14BrNO2/c1-10-7-12(5-6-14(10)16)15(19)17-13-4-2-3-11(8-13)9-18/h2-8,18H,9H2,1H3,(H,17,19). The highest BCUT2D eigenvalue weighted by Gasteiger charge is 2.07. The minimum Gasteiger partial charge on any atom is -0.392 e. The van der Waals surface area contributed by atoms with Gasteiger partial charge in [-0.05, 0) is 48.4 Å². The fourth-order valence-electron chi connectivity index (χ4n) is 1.74. The summed E-state index contributed by atoms with van der Waals surface area (Å²) in [7, 11) is 0. The van der Waals surface area contributed by atoms with Crippen LogP contribution < -0.4 is 5.32 Å². The van der Waals surface area contributed by atoms with Crippen molar-refractivity contribution in [2.45, 2.75) is 13.5 Å². The predicted molar refractivity (Wildman–Crippen MR) is 79.2 cm³/mol. The van der Waals surface area contributed by atoms with Gasteiger partial charge in [-0.2, -0.15) is 0 Å². The monoisotopic (exact) mass is 319 g/mol. The van der Waals surface area contributed by atoms with Crippen LogP contribution in [-0.4, -0.2) is 11.0 Å². The van der Waals surface area contributed by atoms with E-state index in [0.717, 1.165) is 15.6 Å². The summed E-state index contributed by atoms with van der Waals surface area (Å²) in [5.74, 6) is -0.161. The van der Waals surface area contributed by atoms with E-state index in [1.165, 1.54) is 0 Å². The molecule has 0 radical (unpaired) electrons. The maximum Gasteiger partial charge on any atom is 0.255 e. The van der Waals surface area contributed by atoms with Gasteiger partial charge in [0.2, 0.25) is 0 Å². The summed E-state index contributed by atoms with van der Waals surface area (Å²) in [6.45, 7) is 1.90. The Bertz CT molecular complexity index is 611. The third-order valence-electron chi connectivity index (χ3n) is 2.79. The molecule has 0 aromatic heterocycles. The van der Waals surface area contributed by atoms with Gasteiger partial charge in [-0.3, -0.25) is 4.79 Å². The normalized spacial score (nSPS) is 10.3. The summed E-state index contributed by atoms with van der Waals surface area (Å²) in [5.41, 5.74) is 3.06. The molecule has 0 bridgehead atoms. The summed E-state index contributed by atoms with van der Waals surface area (Å²) in [6, 6.07) is 12.6. The molecule has 0 spiro atoms. The lowest BCUT2D eigenvalue weighted by atomic mass is 10.1. The zero-order valence-corrected chi connectivity index (χ0v) is 12.1. The number of halogens is 1. The van der Waals surface area contributed by atoms with Crippen LogP contribution in [-0.2, 0) is 6.61 Å². The summed E-state index contributed by atoms with van der Waals surface area (Å²) >= 11 is 3.40. The van der Waals surface area contributed by atoms with Crippen LogP contribution in [0.3, 0.4) is 0 Å². The SMILES string of the molecule is Cc1cc(C(=O)Nc2cccc(CO)c2)ccc1Br. The Morgan fingerprint density at radius 1 is 1.26 bits per heavy atom. The molecule has 4 heteroatoms. The van der Waals surface area contributed by atoms with Crippen molar-refractivity contribution >= 4 is 27.5 Å². The number of carbonyl (C=O) groups excluding carboxylic acids is 1. The van der Waals surface area contributed by atoms with Crippen LogP contribution in [0, 0.1) is 6.92 Å². The van der Waals surface area contributed by atoms with E-state index in [1.807, 2.05) is 19.1 Å². The van der Waals surface area contributed by atoms with Crippen molar-refractivity contribution in [2.75, 3.05) is 5.32 Å². The smallest absolute Gasteiger partial charge is 0.255 e. The number of carbonyl (C=O) groups is 1. The number of anilines is 1. The van der Waals surface area contributed by atoms with Gasteiger partial charge in [-0.1, -0.05) is 28.1 Å². The maximum absolute atomic E-state index is 12.1. The molecule has 0 aliphatic heterocycles. The zero-order chi connectivity index (χ0) is 13.8. The summed E-state index contributed by atoms with van der Waals surface area (Å²) < 4.78 is 0.978. The molecule has 0 heterocycles. The molecule has 19 heavy (non-hydrogen) atoms. The van der Waals surface area contributed by atoms with E-state index in [0.29, 0.717) is 11.3 Å². The van der Waals surface area contributed by atoms with Crippen LogP contribution in [0.5, 0.6) is 0 Å². The second-order valence-electron chi connectivity index (χ2n) is 4.28. The van der Waals surface area contributed by atoms with E-state index >= 15 is 0 Å². The second kappa shape index (κ2) is 5.99.